The number of nitrogens with one attached hydrogen (secondary N) is 2. The van der Waals surface area contributed by atoms with Gasteiger partial charge in [-0.2, -0.15) is 0 Å². The van der Waals surface area contributed by atoms with Gasteiger partial charge in [-0.05, 0) is 49.1 Å². The fourth-order valence-corrected chi connectivity index (χ4v) is 3.76. The van der Waals surface area contributed by atoms with Crippen molar-refractivity contribution in [3.63, 3.8) is 0 Å². The van der Waals surface area contributed by atoms with E-state index in [0.29, 0.717) is 12.6 Å². The van der Waals surface area contributed by atoms with Gasteiger partial charge >= 0.3 is 0 Å². The first-order valence-corrected chi connectivity index (χ1v) is 10.7. The Labute approximate surface area is 203 Å². The Balaban J connectivity index is 0.00000341. The third kappa shape index (κ3) is 7.00. The second-order valence-electron chi connectivity index (χ2n) is 7.60. The van der Waals surface area contributed by atoms with Crippen LogP contribution in [0, 0.1) is 0 Å². The van der Waals surface area contributed by atoms with E-state index < -0.39 is 0 Å². The minimum atomic E-state index is 0. The van der Waals surface area contributed by atoms with Gasteiger partial charge in [0.2, 0.25) is 0 Å². The van der Waals surface area contributed by atoms with E-state index >= 15 is 0 Å². The van der Waals surface area contributed by atoms with E-state index in [1.54, 1.807) is 14.2 Å². The number of guanidine groups is 1. The lowest BCUT2D eigenvalue weighted by molar-refractivity contribution is 0.191. The van der Waals surface area contributed by atoms with Crippen molar-refractivity contribution < 1.29 is 9.47 Å². The topological polar surface area (TPSA) is 58.1 Å². The predicted molar refractivity (Wildman–Crippen MR) is 138 cm³/mol. The summed E-state index contributed by atoms with van der Waals surface area (Å²) in [4.78, 5) is 7.28. The summed E-state index contributed by atoms with van der Waals surface area (Å²) in [5, 5.41) is 6.85. The second kappa shape index (κ2) is 12.8. The van der Waals surface area contributed by atoms with Gasteiger partial charge in [0, 0.05) is 32.2 Å². The molecule has 0 fully saturated rings. The number of hydrogen-bond donors (Lipinski definition) is 2. The summed E-state index contributed by atoms with van der Waals surface area (Å²) in [5.74, 6) is 2.28. The molecule has 0 spiro atoms. The molecule has 2 aromatic rings. The number of ether oxygens (including phenoxy) is 2. The molecular weight excluding hydrogens is 503 g/mol. The lowest BCUT2D eigenvalue weighted by atomic mass is 9.99. The van der Waals surface area contributed by atoms with Gasteiger partial charge in [0.25, 0.3) is 0 Å². The van der Waals surface area contributed by atoms with Crippen molar-refractivity contribution in [1.29, 1.82) is 0 Å². The monoisotopic (exact) mass is 538 g/mol. The Morgan fingerprint density at radius 2 is 1.81 bits per heavy atom. The summed E-state index contributed by atoms with van der Waals surface area (Å²) in [6, 6.07) is 15.1. The Bertz CT molecular complexity index is 859. The van der Waals surface area contributed by atoms with Crippen LogP contribution in [-0.2, 0) is 19.5 Å². The van der Waals surface area contributed by atoms with Crippen molar-refractivity contribution in [1.82, 2.24) is 15.5 Å². The van der Waals surface area contributed by atoms with E-state index in [0.717, 1.165) is 55.6 Å². The third-order valence-corrected chi connectivity index (χ3v) is 5.56. The number of hydrogen-bond acceptors (Lipinski definition) is 4. The van der Waals surface area contributed by atoms with Crippen LogP contribution in [0.5, 0.6) is 11.5 Å². The molecule has 170 valence electrons. The zero-order valence-electron chi connectivity index (χ0n) is 19.0. The summed E-state index contributed by atoms with van der Waals surface area (Å²) >= 11 is 0. The van der Waals surface area contributed by atoms with E-state index in [4.69, 9.17) is 14.5 Å². The number of aliphatic imine (C=N–C) groups is 1. The van der Waals surface area contributed by atoms with Crippen LogP contribution in [0.4, 0.5) is 0 Å². The summed E-state index contributed by atoms with van der Waals surface area (Å²) < 4.78 is 10.7. The summed E-state index contributed by atoms with van der Waals surface area (Å²) in [5.41, 5.74) is 4.01. The maximum absolute atomic E-state index is 5.39. The normalized spacial score (nSPS) is 14.8. The van der Waals surface area contributed by atoms with Crippen LogP contribution < -0.4 is 20.1 Å². The fraction of sp³-hybridized carbons (Fsp3) is 0.458. The highest BCUT2D eigenvalue weighted by atomic mass is 127. The molecule has 7 heteroatoms. The van der Waals surface area contributed by atoms with Crippen molar-refractivity contribution in [2.24, 2.45) is 4.99 Å². The molecule has 6 nitrogen and oxygen atoms in total. The molecule has 1 atom stereocenters. The minimum absolute atomic E-state index is 0. The molecule has 31 heavy (non-hydrogen) atoms. The van der Waals surface area contributed by atoms with Crippen LogP contribution in [0.25, 0.3) is 0 Å². The Morgan fingerprint density at radius 3 is 2.52 bits per heavy atom. The van der Waals surface area contributed by atoms with Crippen molar-refractivity contribution in [3.05, 3.63) is 59.2 Å². The Morgan fingerprint density at radius 1 is 1.06 bits per heavy atom. The number of nitrogens with zero attached hydrogens (tertiary/aromatic N) is 2. The van der Waals surface area contributed by atoms with Crippen molar-refractivity contribution >= 4 is 29.9 Å². The highest BCUT2D eigenvalue weighted by molar-refractivity contribution is 14.0. The zero-order valence-corrected chi connectivity index (χ0v) is 21.3. The fourth-order valence-electron chi connectivity index (χ4n) is 3.76. The highest BCUT2D eigenvalue weighted by Gasteiger charge is 2.20. The molecule has 0 amide bonds. The van der Waals surface area contributed by atoms with Crippen molar-refractivity contribution in [3.8, 4) is 11.5 Å². The molecule has 3 rings (SSSR count). The Hall–Kier alpha value is -2.00. The number of methoxy groups -OCH3 is 2. The first kappa shape index (κ1) is 25.3. The van der Waals surface area contributed by atoms with Gasteiger partial charge in [-0.1, -0.05) is 30.3 Å². The van der Waals surface area contributed by atoms with Crippen LogP contribution in [0.3, 0.4) is 0 Å². The predicted octanol–water partition coefficient (Wildman–Crippen LogP) is 3.82. The second-order valence-corrected chi connectivity index (χ2v) is 7.60. The highest BCUT2D eigenvalue weighted by Crippen LogP contribution is 2.27. The molecule has 2 aromatic carbocycles. The number of fused-ring (bicyclic) bond motifs is 1. The van der Waals surface area contributed by atoms with Crippen LogP contribution >= 0.6 is 24.0 Å². The van der Waals surface area contributed by atoms with Gasteiger partial charge in [-0.15, -0.1) is 24.0 Å². The minimum Gasteiger partial charge on any atom is -0.493 e. The molecule has 0 aromatic heterocycles. The third-order valence-electron chi connectivity index (χ3n) is 5.56. The molecule has 1 aliphatic rings. The van der Waals surface area contributed by atoms with Crippen molar-refractivity contribution in [2.75, 3.05) is 33.9 Å². The summed E-state index contributed by atoms with van der Waals surface area (Å²) in [6.07, 6.45) is 1.12. The van der Waals surface area contributed by atoms with Crippen LogP contribution in [0.1, 0.15) is 30.5 Å². The molecule has 1 unspecified atom stereocenters. The molecule has 0 saturated carbocycles. The molecule has 1 aliphatic heterocycles. The lowest BCUT2D eigenvalue weighted by Gasteiger charge is -2.34. The van der Waals surface area contributed by atoms with Crippen LogP contribution in [-0.4, -0.2) is 50.8 Å². The molecule has 1 heterocycles. The van der Waals surface area contributed by atoms with Gasteiger partial charge in [0.05, 0.1) is 20.8 Å². The Kier molecular flexibility index (Phi) is 10.4. The smallest absolute Gasteiger partial charge is 0.191 e. The molecule has 0 radical (unpaired) electrons. The molecule has 0 saturated heterocycles. The lowest BCUT2D eigenvalue weighted by Crippen LogP contribution is -2.47. The largest absolute Gasteiger partial charge is 0.493 e. The summed E-state index contributed by atoms with van der Waals surface area (Å²) in [7, 11) is 3.29. The SMILES string of the molecule is CCNC(=NCc1ccc(OC)c(OC)c1)NCC(C)N1CCc2ccccc2C1.I. The number of rotatable bonds is 8. The quantitative estimate of drug-likeness (QED) is 0.304. The van der Waals surface area contributed by atoms with Crippen LogP contribution in [0.15, 0.2) is 47.5 Å². The van der Waals surface area contributed by atoms with Crippen molar-refractivity contribution in [2.45, 2.75) is 39.4 Å². The zero-order chi connectivity index (χ0) is 21.3. The van der Waals surface area contributed by atoms with Gasteiger partial charge in [0.1, 0.15) is 0 Å². The van der Waals surface area contributed by atoms with E-state index in [-0.39, 0.29) is 24.0 Å². The maximum atomic E-state index is 5.39. The average Bonchev–Trinajstić information content (AvgIpc) is 2.80. The van der Waals surface area contributed by atoms with E-state index in [1.807, 2.05) is 18.2 Å². The van der Waals surface area contributed by atoms with E-state index in [9.17, 15) is 0 Å². The van der Waals surface area contributed by atoms with Gasteiger partial charge in [-0.25, -0.2) is 4.99 Å². The maximum Gasteiger partial charge on any atom is 0.191 e. The number of halogens is 1. The average molecular weight is 538 g/mol. The molecule has 2 N–H and O–H groups in total. The van der Waals surface area contributed by atoms with E-state index in [1.165, 1.54) is 11.1 Å². The number of benzene rings is 2. The molecular formula is C24H35IN4O2. The standard InChI is InChI=1S/C24H34N4O2.HI/c1-5-25-24(27-16-19-10-11-22(29-3)23(14-19)30-4)26-15-18(2)28-13-12-20-8-6-7-9-21(20)17-28;/h6-11,14,18H,5,12-13,15-17H2,1-4H3,(H2,25,26,27);1H. The first-order chi connectivity index (χ1) is 14.6. The molecule has 0 bridgehead atoms. The first-order valence-electron chi connectivity index (χ1n) is 10.7. The van der Waals surface area contributed by atoms with Gasteiger partial charge in [0.15, 0.2) is 17.5 Å². The molecule has 0 aliphatic carbocycles. The van der Waals surface area contributed by atoms with Gasteiger partial charge < -0.3 is 20.1 Å². The van der Waals surface area contributed by atoms with Crippen LogP contribution in [0.2, 0.25) is 0 Å². The van der Waals surface area contributed by atoms with Gasteiger partial charge in [-0.3, -0.25) is 4.90 Å². The summed E-state index contributed by atoms with van der Waals surface area (Å²) in [6.45, 7) is 8.71. The van der Waals surface area contributed by atoms with E-state index in [2.05, 4.69) is 53.6 Å².